The van der Waals surface area contributed by atoms with E-state index in [1.54, 1.807) is 6.07 Å². The Morgan fingerprint density at radius 3 is 2.78 bits per heavy atom. The summed E-state index contributed by atoms with van der Waals surface area (Å²) in [5, 5.41) is 8.95. The molecule has 0 spiro atoms. The van der Waals surface area contributed by atoms with E-state index in [1.165, 1.54) is 24.1 Å². The number of nitrogens with zero attached hydrogens (tertiary/aromatic N) is 1. The van der Waals surface area contributed by atoms with Gasteiger partial charge in [0, 0.05) is 18.2 Å². The number of aliphatic hydroxyl groups excluding tert-OH is 1. The van der Waals surface area contributed by atoms with Crippen molar-refractivity contribution in [3.05, 3.63) is 23.8 Å². The van der Waals surface area contributed by atoms with E-state index in [1.807, 2.05) is 0 Å². The number of amides is 1. The van der Waals surface area contributed by atoms with Crippen molar-refractivity contribution >= 4 is 21.6 Å². The molecule has 0 saturated heterocycles. The molecular weight excluding hydrogens is 323 g/mol. The smallest absolute Gasteiger partial charge is 0.240 e. The normalized spacial score (nSPS) is 26.7. The lowest BCUT2D eigenvalue weighted by atomic mass is 9.72. The SMILES string of the molecule is CNS(=O)(=O)c1ccc2c(c1)N(C(=O)C1CC(F)(CO)C1)CC2. The fraction of sp³-hybridized carbons (Fsp3) is 0.533. The Bertz CT molecular complexity index is 744. The number of sulfonamides is 1. The van der Waals surface area contributed by atoms with E-state index >= 15 is 0 Å². The zero-order valence-corrected chi connectivity index (χ0v) is 13.6. The first-order chi connectivity index (χ1) is 10.8. The summed E-state index contributed by atoms with van der Waals surface area (Å²) in [5.41, 5.74) is -0.173. The lowest BCUT2D eigenvalue weighted by molar-refractivity contribution is -0.133. The molecule has 1 aromatic carbocycles. The number of hydrogen-bond donors (Lipinski definition) is 2. The van der Waals surface area contributed by atoms with E-state index in [0.29, 0.717) is 18.7 Å². The van der Waals surface area contributed by atoms with E-state index in [2.05, 4.69) is 4.72 Å². The first-order valence-corrected chi connectivity index (χ1v) is 8.95. The number of carbonyl (C=O) groups excluding carboxylic acids is 1. The molecule has 2 aliphatic rings. The van der Waals surface area contributed by atoms with E-state index < -0.39 is 28.2 Å². The van der Waals surface area contributed by atoms with Gasteiger partial charge in [0.2, 0.25) is 15.9 Å². The Balaban J connectivity index is 1.84. The highest BCUT2D eigenvalue weighted by atomic mass is 32.2. The number of alkyl halides is 1. The Kier molecular flexibility index (Phi) is 3.94. The second kappa shape index (κ2) is 5.54. The lowest BCUT2D eigenvalue weighted by Crippen LogP contribution is -2.50. The van der Waals surface area contributed by atoms with Gasteiger partial charge in [0.25, 0.3) is 0 Å². The molecule has 1 fully saturated rings. The summed E-state index contributed by atoms with van der Waals surface area (Å²) < 4.78 is 39.9. The van der Waals surface area contributed by atoms with Crippen molar-refractivity contribution in [3.8, 4) is 0 Å². The highest BCUT2D eigenvalue weighted by Crippen LogP contribution is 2.43. The van der Waals surface area contributed by atoms with Crippen LogP contribution in [-0.4, -0.2) is 45.3 Å². The summed E-state index contributed by atoms with van der Waals surface area (Å²) in [4.78, 5) is 14.2. The molecule has 1 aromatic rings. The van der Waals surface area contributed by atoms with Crippen LogP contribution in [0.3, 0.4) is 0 Å². The molecule has 0 aromatic heterocycles. The van der Waals surface area contributed by atoms with Crippen LogP contribution in [0.4, 0.5) is 10.1 Å². The molecule has 0 bridgehead atoms. The van der Waals surface area contributed by atoms with E-state index in [4.69, 9.17) is 5.11 Å². The van der Waals surface area contributed by atoms with Crippen molar-refractivity contribution in [2.75, 3.05) is 25.1 Å². The van der Waals surface area contributed by atoms with Crippen LogP contribution in [0.15, 0.2) is 23.1 Å². The monoisotopic (exact) mass is 342 g/mol. The molecular formula is C15H19FN2O4S. The third kappa shape index (κ3) is 2.75. The van der Waals surface area contributed by atoms with Gasteiger partial charge in [-0.1, -0.05) is 6.07 Å². The maximum atomic E-state index is 13.8. The van der Waals surface area contributed by atoms with Crippen molar-refractivity contribution in [2.45, 2.75) is 29.8 Å². The van der Waals surface area contributed by atoms with Crippen LogP contribution in [0, 0.1) is 5.92 Å². The van der Waals surface area contributed by atoms with Gasteiger partial charge >= 0.3 is 0 Å². The van der Waals surface area contributed by atoms with Gasteiger partial charge in [0.05, 0.1) is 11.5 Å². The Labute approximate surface area is 134 Å². The molecule has 1 aliphatic carbocycles. The minimum Gasteiger partial charge on any atom is -0.393 e. The van der Waals surface area contributed by atoms with Crippen molar-refractivity contribution < 1.29 is 22.7 Å². The highest BCUT2D eigenvalue weighted by molar-refractivity contribution is 7.89. The molecule has 126 valence electrons. The zero-order valence-electron chi connectivity index (χ0n) is 12.8. The maximum absolute atomic E-state index is 13.8. The van der Waals surface area contributed by atoms with Crippen LogP contribution >= 0.6 is 0 Å². The molecule has 0 unspecified atom stereocenters. The topological polar surface area (TPSA) is 86.7 Å². The largest absolute Gasteiger partial charge is 0.393 e. The van der Waals surface area contributed by atoms with Gasteiger partial charge in [0.1, 0.15) is 5.67 Å². The van der Waals surface area contributed by atoms with Crippen LogP contribution in [0.1, 0.15) is 18.4 Å². The number of anilines is 1. The molecule has 0 atom stereocenters. The minimum absolute atomic E-state index is 0.0165. The van der Waals surface area contributed by atoms with Crippen molar-refractivity contribution in [2.24, 2.45) is 5.92 Å². The van der Waals surface area contributed by atoms with Gasteiger partial charge in [-0.2, -0.15) is 0 Å². The predicted molar refractivity (Wildman–Crippen MR) is 82.4 cm³/mol. The molecule has 6 nitrogen and oxygen atoms in total. The fourth-order valence-electron chi connectivity index (χ4n) is 3.22. The fourth-order valence-corrected chi connectivity index (χ4v) is 3.97. The second-order valence-corrected chi connectivity index (χ2v) is 8.04. The number of benzene rings is 1. The molecule has 0 radical (unpaired) electrons. The number of aliphatic hydroxyl groups is 1. The van der Waals surface area contributed by atoms with Crippen LogP contribution < -0.4 is 9.62 Å². The average molecular weight is 342 g/mol. The molecule has 8 heteroatoms. The Morgan fingerprint density at radius 1 is 1.48 bits per heavy atom. The molecule has 23 heavy (non-hydrogen) atoms. The van der Waals surface area contributed by atoms with Crippen LogP contribution in [-0.2, 0) is 21.2 Å². The van der Waals surface area contributed by atoms with Gasteiger partial charge in [-0.15, -0.1) is 0 Å². The molecule has 1 heterocycles. The quantitative estimate of drug-likeness (QED) is 0.839. The minimum atomic E-state index is -3.58. The number of nitrogens with one attached hydrogen (secondary N) is 1. The van der Waals surface area contributed by atoms with Crippen LogP contribution in [0.5, 0.6) is 0 Å². The second-order valence-electron chi connectivity index (χ2n) is 6.15. The third-order valence-corrected chi connectivity index (χ3v) is 6.07. The van der Waals surface area contributed by atoms with Gasteiger partial charge in [-0.25, -0.2) is 17.5 Å². The van der Waals surface area contributed by atoms with Crippen LogP contribution in [0.25, 0.3) is 0 Å². The third-order valence-electron chi connectivity index (χ3n) is 4.65. The summed E-state index contributed by atoms with van der Waals surface area (Å²) in [6.07, 6.45) is 0.680. The molecule has 2 N–H and O–H groups in total. The summed E-state index contributed by atoms with van der Waals surface area (Å²) in [7, 11) is -2.26. The van der Waals surface area contributed by atoms with Crippen LogP contribution in [0.2, 0.25) is 0 Å². The summed E-state index contributed by atoms with van der Waals surface area (Å²) >= 11 is 0. The predicted octanol–water partition coefficient (Wildman–Crippen LogP) is 0.594. The number of rotatable bonds is 4. The van der Waals surface area contributed by atoms with Gasteiger partial charge in [-0.3, -0.25) is 4.79 Å². The van der Waals surface area contributed by atoms with E-state index in [9.17, 15) is 17.6 Å². The van der Waals surface area contributed by atoms with Gasteiger partial charge < -0.3 is 10.0 Å². The van der Waals surface area contributed by atoms with E-state index in [-0.39, 0.29) is 23.6 Å². The number of halogens is 1. The molecule has 1 aliphatic heterocycles. The zero-order chi connectivity index (χ0) is 16.8. The Morgan fingerprint density at radius 2 is 2.17 bits per heavy atom. The Hall–Kier alpha value is -1.51. The molecule has 1 saturated carbocycles. The summed E-state index contributed by atoms with van der Waals surface area (Å²) in [6.45, 7) is -0.107. The summed E-state index contributed by atoms with van der Waals surface area (Å²) in [5.74, 6) is -0.660. The van der Waals surface area contributed by atoms with Gasteiger partial charge in [0.15, 0.2) is 0 Å². The average Bonchev–Trinajstić information content (AvgIpc) is 2.94. The van der Waals surface area contributed by atoms with Crippen molar-refractivity contribution in [1.82, 2.24) is 4.72 Å². The first-order valence-electron chi connectivity index (χ1n) is 7.47. The number of hydrogen-bond acceptors (Lipinski definition) is 4. The van der Waals surface area contributed by atoms with Crippen molar-refractivity contribution in [1.29, 1.82) is 0 Å². The van der Waals surface area contributed by atoms with E-state index in [0.717, 1.165) is 5.56 Å². The molecule has 3 rings (SSSR count). The van der Waals surface area contributed by atoms with Crippen molar-refractivity contribution in [3.63, 3.8) is 0 Å². The number of carbonyl (C=O) groups is 1. The standard InChI is InChI=1S/C15H19FN2O4S/c1-17-23(21,22)12-3-2-10-4-5-18(13(10)6-12)14(20)11-7-15(16,8-11)9-19/h2-3,6,11,17,19H,4-5,7-9H2,1H3. The summed E-state index contributed by atoms with van der Waals surface area (Å²) in [6, 6.07) is 4.71. The number of fused-ring (bicyclic) bond motifs is 1. The van der Waals surface area contributed by atoms with Gasteiger partial charge in [-0.05, 0) is 44.0 Å². The lowest BCUT2D eigenvalue weighted by Gasteiger charge is -2.40. The maximum Gasteiger partial charge on any atom is 0.240 e. The molecule has 1 amide bonds. The highest BCUT2D eigenvalue weighted by Gasteiger charge is 2.49. The first kappa shape index (κ1) is 16.4.